The summed E-state index contributed by atoms with van der Waals surface area (Å²) in [4.78, 5) is 6.88. The van der Waals surface area contributed by atoms with Crippen LogP contribution in [0.3, 0.4) is 0 Å². The summed E-state index contributed by atoms with van der Waals surface area (Å²) >= 11 is 0. The summed E-state index contributed by atoms with van der Waals surface area (Å²) in [6.45, 7) is 7.98. The predicted molar refractivity (Wildman–Crippen MR) is 129 cm³/mol. The monoisotopic (exact) mass is 503 g/mol. The average molecular weight is 504 g/mol. The molecule has 0 N–H and O–H groups in total. The number of rotatable bonds is 6. The normalized spacial score (nSPS) is 22.2. The van der Waals surface area contributed by atoms with E-state index in [1.807, 2.05) is 31.2 Å². The van der Waals surface area contributed by atoms with Crippen LogP contribution in [0.1, 0.15) is 24.0 Å². The van der Waals surface area contributed by atoms with Gasteiger partial charge in [0.25, 0.3) is 0 Å². The van der Waals surface area contributed by atoms with Gasteiger partial charge in [-0.2, -0.15) is 9.29 Å². The molecule has 0 aliphatic carbocycles. The van der Waals surface area contributed by atoms with Crippen LogP contribution < -0.4 is 9.47 Å². The second-order valence-corrected chi connectivity index (χ2v) is 11.3. The maximum Gasteiger partial charge on any atom is 0.248 e. The van der Waals surface area contributed by atoms with Crippen LogP contribution in [0.15, 0.2) is 41.3 Å². The number of sulfonamides is 1. The van der Waals surface area contributed by atoms with Gasteiger partial charge < -0.3 is 18.9 Å². The molecule has 35 heavy (non-hydrogen) atoms. The molecule has 190 valence electrons. The third-order valence-corrected chi connectivity index (χ3v) is 8.77. The molecule has 0 amide bonds. The highest BCUT2D eigenvalue weighted by Gasteiger charge is 2.45. The molecular formula is C25H33N3O6S. The molecule has 3 aliphatic rings. The number of ether oxygens (including phenoxy) is 4. The molecule has 9 nitrogen and oxygen atoms in total. The highest BCUT2D eigenvalue weighted by Crippen LogP contribution is 2.39. The third-order valence-electron chi connectivity index (χ3n) is 6.97. The maximum atomic E-state index is 13.8. The van der Waals surface area contributed by atoms with Gasteiger partial charge in [0.05, 0.1) is 33.0 Å². The molecule has 0 atom stereocenters. The molecule has 2 saturated heterocycles. The van der Waals surface area contributed by atoms with E-state index < -0.39 is 15.6 Å². The zero-order valence-electron chi connectivity index (χ0n) is 20.1. The number of hydrogen-bond acceptors (Lipinski definition) is 8. The van der Waals surface area contributed by atoms with E-state index in [0.29, 0.717) is 38.5 Å². The number of aromatic nitrogens is 1. The summed E-state index contributed by atoms with van der Waals surface area (Å²) in [7, 11) is -3.84. The van der Waals surface area contributed by atoms with E-state index in [-0.39, 0.29) is 23.9 Å². The van der Waals surface area contributed by atoms with E-state index in [4.69, 9.17) is 18.9 Å². The molecule has 0 radical (unpaired) electrons. The van der Waals surface area contributed by atoms with Crippen LogP contribution in [0, 0.1) is 6.92 Å². The summed E-state index contributed by atoms with van der Waals surface area (Å²) in [5, 5.41) is 0. The summed E-state index contributed by atoms with van der Waals surface area (Å²) < 4.78 is 52.5. The van der Waals surface area contributed by atoms with Crippen LogP contribution >= 0.6 is 0 Å². The summed E-state index contributed by atoms with van der Waals surface area (Å²) in [5.41, 5.74) is 1.33. The minimum atomic E-state index is -3.84. The van der Waals surface area contributed by atoms with E-state index in [9.17, 15) is 8.42 Å². The molecule has 3 aliphatic heterocycles. The first-order valence-electron chi connectivity index (χ1n) is 12.2. The second kappa shape index (κ2) is 10.4. The Bertz CT molecular complexity index is 1130. The van der Waals surface area contributed by atoms with Crippen LogP contribution in [-0.4, -0.2) is 87.4 Å². The highest BCUT2D eigenvalue weighted by molar-refractivity contribution is 7.89. The summed E-state index contributed by atoms with van der Waals surface area (Å²) in [6.07, 6.45) is 1.19. The van der Waals surface area contributed by atoms with E-state index in [0.717, 1.165) is 44.0 Å². The Balaban J connectivity index is 1.41. The van der Waals surface area contributed by atoms with Crippen LogP contribution in [0.5, 0.6) is 11.8 Å². The fourth-order valence-corrected chi connectivity index (χ4v) is 6.31. The minimum Gasteiger partial charge on any atom is -0.476 e. The van der Waals surface area contributed by atoms with E-state index in [1.165, 1.54) is 4.31 Å². The minimum absolute atomic E-state index is 0.0787. The van der Waals surface area contributed by atoms with Crippen LogP contribution in [0.25, 0.3) is 0 Å². The van der Waals surface area contributed by atoms with Crippen molar-refractivity contribution in [1.29, 1.82) is 0 Å². The maximum absolute atomic E-state index is 13.8. The van der Waals surface area contributed by atoms with Crippen molar-refractivity contribution in [1.82, 2.24) is 14.2 Å². The van der Waals surface area contributed by atoms with Crippen molar-refractivity contribution in [3.63, 3.8) is 0 Å². The van der Waals surface area contributed by atoms with Gasteiger partial charge in [-0.25, -0.2) is 8.42 Å². The molecule has 4 heterocycles. The van der Waals surface area contributed by atoms with Crippen molar-refractivity contribution in [2.75, 3.05) is 59.2 Å². The lowest BCUT2D eigenvalue weighted by molar-refractivity contribution is -0.0556. The van der Waals surface area contributed by atoms with Gasteiger partial charge >= 0.3 is 0 Å². The first kappa shape index (κ1) is 24.5. The molecule has 5 rings (SSSR count). The van der Waals surface area contributed by atoms with Crippen LogP contribution in [-0.2, 0) is 26.0 Å². The lowest BCUT2D eigenvalue weighted by Crippen LogP contribution is -2.50. The van der Waals surface area contributed by atoms with E-state index in [1.54, 1.807) is 12.1 Å². The number of hydrogen-bond donors (Lipinski definition) is 0. The SMILES string of the molecule is Cc1ccccc1CN1CC2(CCOCC2)Oc2nc(OCCN3CCOCC3)ccc2S1(=O)=O. The number of morpholine rings is 1. The Morgan fingerprint density at radius 2 is 1.77 bits per heavy atom. The van der Waals surface area contributed by atoms with Gasteiger partial charge in [-0.1, -0.05) is 24.3 Å². The van der Waals surface area contributed by atoms with Crippen molar-refractivity contribution in [2.24, 2.45) is 0 Å². The fraction of sp³-hybridized carbons (Fsp3) is 0.560. The first-order valence-corrected chi connectivity index (χ1v) is 13.6. The molecule has 0 saturated carbocycles. The van der Waals surface area contributed by atoms with Gasteiger partial charge in [0.2, 0.25) is 21.8 Å². The lowest BCUT2D eigenvalue weighted by atomic mass is 9.93. The summed E-state index contributed by atoms with van der Waals surface area (Å²) in [6, 6.07) is 11.0. The molecule has 2 fully saturated rings. The van der Waals surface area contributed by atoms with Gasteiger partial charge in [0.15, 0.2) is 0 Å². The molecule has 0 bridgehead atoms. The number of aryl methyl sites for hydroxylation is 1. The third kappa shape index (κ3) is 5.46. The zero-order chi connectivity index (χ0) is 24.3. The van der Waals surface area contributed by atoms with Crippen LogP contribution in [0.4, 0.5) is 0 Å². The van der Waals surface area contributed by atoms with Gasteiger partial charge in [-0.3, -0.25) is 4.90 Å². The summed E-state index contributed by atoms with van der Waals surface area (Å²) in [5.74, 6) is 0.477. The average Bonchev–Trinajstić information content (AvgIpc) is 2.94. The lowest BCUT2D eigenvalue weighted by Gasteiger charge is -2.38. The Hall–Kier alpha value is -2.24. The predicted octanol–water partition coefficient (Wildman–Crippen LogP) is 2.23. The number of nitrogens with zero attached hydrogens (tertiary/aromatic N) is 3. The largest absolute Gasteiger partial charge is 0.476 e. The quantitative estimate of drug-likeness (QED) is 0.593. The number of fused-ring (bicyclic) bond motifs is 1. The topological polar surface area (TPSA) is 90.4 Å². The molecule has 1 aromatic carbocycles. The molecule has 2 aromatic rings. The second-order valence-electron chi connectivity index (χ2n) is 9.35. The molecule has 1 spiro atoms. The smallest absolute Gasteiger partial charge is 0.248 e. The fourth-order valence-electron chi connectivity index (χ4n) is 4.77. The molecule has 1 aromatic heterocycles. The van der Waals surface area contributed by atoms with E-state index in [2.05, 4.69) is 9.88 Å². The number of benzene rings is 1. The Morgan fingerprint density at radius 1 is 1.03 bits per heavy atom. The van der Waals surface area contributed by atoms with Gasteiger partial charge in [-0.05, 0) is 24.1 Å². The number of pyridine rings is 1. The molecule has 0 unspecified atom stereocenters. The van der Waals surface area contributed by atoms with Gasteiger partial charge in [0.1, 0.15) is 17.1 Å². The molecular weight excluding hydrogens is 470 g/mol. The Morgan fingerprint density at radius 3 is 2.54 bits per heavy atom. The van der Waals surface area contributed by atoms with Gasteiger partial charge in [0, 0.05) is 45.1 Å². The first-order chi connectivity index (χ1) is 17.0. The van der Waals surface area contributed by atoms with Crippen molar-refractivity contribution in [2.45, 2.75) is 36.8 Å². The van der Waals surface area contributed by atoms with Crippen molar-refractivity contribution >= 4 is 10.0 Å². The van der Waals surface area contributed by atoms with Crippen molar-refractivity contribution in [3.05, 3.63) is 47.5 Å². The van der Waals surface area contributed by atoms with Crippen molar-refractivity contribution < 1.29 is 27.4 Å². The standard InChI is InChI=1S/C25H33N3O6S/c1-20-4-2-3-5-21(20)18-28-19-25(8-13-31-14-9-25)34-24-22(35(28,29)30)6-7-23(26-24)33-17-12-27-10-15-32-16-11-27/h2-7H,8-19H2,1H3. The zero-order valence-corrected chi connectivity index (χ0v) is 21.0. The highest BCUT2D eigenvalue weighted by atomic mass is 32.2. The molecule has 10 heteroatoms. The van der Waals surface area contributed by atoms with E-state index >= 15 is 0 Å². The Labute approximate surface area is 207 Å². The van der Waals surface area contributed by atoms with Crippen molar-refractivity contribution in [3.8, 4) is 11.8 Å². The Kier molecular flexibility index (Phi) is 7.26. The van der Waals surface area contributed by atoms with Crippen LogP contribution in [0.2, 0.25) is 0 Å². The van der Waals surface area contributed by atoms with Gasteiger partial charge in [-0.15, -0.1) is 0 Å².